The molecule has 0 aliphatic carbocycles. The third kappa shape index (κ3) is 8.43. The smallest absolute Gasteiger partial charge is 0.276 e. The van der Waals surface area contributed by atoms with E-state index in [1.54, 1.807) is 18.2 Å². The molecule has 4 aromatic rings. The first kappa shape index (κ1) is 37.6. The van der Waals surface area contributed by atoms with E-state index in [2.05, 4.69) is 57.8 Å². The van der Waals surface area contributed by atoms with E-state index in [4.69, 9.17) is 22.4 Å². The Morgan fingerprint density at radius 3 is 2.36 bits per heavy atom. The summed E-state index contributed by atoms with van der Waals surface area (Å²) in [6.07, 6.45) is 10.2. The van der Waals surface area contributed by atoms with E-state index in [1.165, 1.54) is 6.42 Å². The van der Waals surface area contributed by atoms with Gasteiger partial charge in [-0.15, -0.1) is 10.2 Å². The van der Waals surface area contributed by atoms with Gasteiger partial charge >= 0.3 is 0 Å². The van der Waals surface area contributed by atoms with Crippen LogP contribution in [0.5, 0.6) is 0 Å². The molecule has 4 aliphatic heterocycles. The van der Waals surface area contributed by atoms with Gasteiger partial charge in [-0.3, -0.25) is 29.2 Å². The van der Waals surface area contributed by atoms with Gasteiger partial charge in [-0.2, -0.15) is 5.10 Å². The van der Waals surface area contributed by atoms with Crippen LogP contribution in [-0.4, -0.2) is 100 Å². The first-order valence-electron chi connectivity index (χ1n) is 19.8. The summed E-state index contributed by atoms with van der Waals surface area (Å²) in [7, 11) is 0. The number of benzene rings is 2. The van der Waals surface area contributed by atoms with Gasteiger partial charge in [-0.25, -0.2) is 0 Å². The number of likely N-dealkylation sites (tertiary alicyclic amines) is 1. The number of aromatic nitrogens is 4. The minimum Gasteiger partial charge on any atom is -0.382 e. The molecule has 2 aromatic carbocycles. The van der Waals surface area contributed by atoms with Gasteiger partial charge in [0.1, 0.15) is 11.9 Å². The Balaban J connectivity index is 0.844. The average Bonchev–Trinajstić information content (AvgIpc) is 3.63. The molecular weight excluding hydrogens is 734 g/mol. The summed E-state index contributed by atoms with van der Waals surface area (Å²) in [4.78, 5) is 56.8. The van der Waals surface area contributed by atoms with Crippen molar-refractivity contribution in [2.75, 3.05) is 66.7 Å². The second-order valence-electron chi connectivity index (χ2n) is 15.5. The molecule has 294 valence electrons. The molecule has 8 rings (SSSR count). The summed E-state index contributed by atoms with van der Waals surface area (Å²) >= 11 is 6.57. The van der Waals surface area contributed by atoms with Crippen molar-refractivity contribution in [3.05, 3.63) is 64.9 Å². The molecule has 0 bridgehead atoms. The van der Waals surface area contributed by atoms with Crippen molar-refractivity contribution >= 4 is 69.0 Å². The molecule has 4 amide bonds. The molecule has 56 heavy (non-hydrogen) atoms. The van der Waals surface area contributed by atoms with Crippen LogP contribution < -0.4 is 31.5 Å². The first-order chi connectivity index (χ1) is 27.2. The number of imide groups is 1. The quantitative estimate of drug-likeness (QED) is 0.177. The van der Waals surface area contributed by atoms with Gasteiger partial charge in [0, 0.05) is 69.5 Å². The second-order valence-corrected chi connectivity index (χ2v) is 15.9. The van der Waals surface area contributed by atoms with Crippen molar-refractivity contribution in [1.29, 1.82) is 0 Å². The molecule has 0 saturated carbocycles. The molecule has 5 N–H and O–H groups in total. The lowest BCUT2D eigenvalue weighted by Crippen LogP contribution is -2.52. The summed E-state index contributed by atoms with van der Waals surface area (Å²) in [5.74, 6) is -0.702. The molecule has 4 fully saturated rings. The highest BCUT2D eigenvalue weighted by Crippen LogP contribution is 2.35. The zero-order valence-corrected chi connectivity index (χ0v) is 32.1. The van der Waals surface area contributed by atoms with Crippen LogP contribution in [0.4, 0.5) is 22.9 Å². The van der Waals surface area contributed by atoms with E-state index in [0.29, 0.717) is 22.5 Å². The molecule has 15 nitrogen and oxygen atoms in total. The zero-order chi connectivity index (χ0) is 38.8. The molecule has 6 heterocycles. The fourth-order valence-electron chi connectivity index (χ4n) is 8.47. The van der Waals surface area contributed by atoms with Crippen LogP contribution in [0.25, 0.3) is 10.9 Å². The first-order valence-corrected chi connectivity index (χ1v) is 20.1. The molecule has 1 atom stereocenters. The van der Waals surface area contributed by atoms with Crippen molar-refractivity contribution in [3.63, 3.8) is 0 Å². The predicted octanol–water partition coefficient (Wildman–Crippen LogP) is 4.39. The Hall–Kier alpha value is -5.28. The number of carbonyl (C=O) groups is 4. The van der Waals surface area contributed by atoms with Gasteiger partial charge in [-0.1, -0.05) is 11.6 Å². The van der Waals surface area contributed by atoms with Crippen LogP contribution in [0.2, 0.25) is 5.02 Å². The normalized spacial score (nSPS) is 20.3. The fourth-order valence-corrected chi connectivity index (χ4v) is 8.73. The van der Waals surface area contributed by atoms with Crippen LogP contribution in [0.15, 0.2) is 48.7 Å². The Kier molecular flexibility index (Phi) is 11.1. The second kappa shape index (κ2) is 16.4. The minimum absolute atomic E-state index is 0.190. The minimum atomic E-state index is -0.751. The number of hydrogen-bond acceptors (Lipinski definition) is 11. The van der Waals surface area contributed by atoms with E-state index < -0.39 is 17.9 Å². The van der Waals surface area contributed by atoms with Crippen LogP contribution in [0.3, 0.4) is 0 Å². The van der Waals surface area contributed by atoms with Crippen LogP contribution >= 0.6 is 11.6 Å². The maximum absolute atomic E-state index is 13.2. The number of amides is 4. The van der Waals surface area contributed by atoms with Crippen molar-refractivity contribution in [1.82, 2.24) is 35.5 Å². The number of rotatable bonds is 9. The number of halogens is 1. The third-order valence-electron chi connectivity index (χ3n) is 11.7. The predicted molar refractivity (Wildman–Crippen MR) is 215 cm³/mol. The maximum atomic E-state index is 13.2. The van der Waals surface area contributed by atoms with E-state index in [9.17, 15) is 19.2 Å². The molecule has 0 radical (unpaired) electrons. The van der Waals surface area contributed by atoms with E-state index in [-0.39, 0.29) is 36.2 Å². The molecule has 0 spiro atoms. The van der Waals surface area contributed by atoms with Crippen molar-refractivity contribution in [3.8, 4) is 0 Å². The number of nitrogen functional groups attached to an aromatic ring is 1. The van der Waals surface area contributed by atoms with E-state index >= 15 is 0 Å². The van der Waals surface area contributed by atoms with Gasteiger partial charge in [0.05, 0.1) is 33.5 Å². The summed E-state index contributed by atoms with van der Waals surface area (Å²) in [5.41, 5.74) is 9.84. The number of nitrogens with two attached hydrogens (primary N) is 1. The number of carbonyl (C=O) groups excluding carboxylic acids is 4. The molecule has 2 aromatic heterocycles. The van der Waals surface area contributed by atoms with Crippen LogP contribution in [0.1, 0.15) is 84.7 Å². The Labute approximate surface area is 330 Å². The highest BCUT2D eigenvalue weighted by Gasteiger charge is 2.30. The molecule has 16 heteroatoms. The number of piperidine rings is 4. The average molecular weight is 782 g/mol. The van der Waals surface area contributed by atoms with Crippen molar-refractivity contribution in [2.45, 2.75) is 69.9 Å². The summed E-state index contributed by atoms with van der Waals surface area (Å²) in [6, 6.07) is 12.3. The fraction of sp³-hybridized carbons (Fsp3) is 0.475. The highest BCUT2D eigenvalue weighted by molar-refractivity contribution is 6.34. The standard InChI is InChI=1S/C40H48ClN11O4/c41-30-21-28(4-5-29(30)38(54)43-31-7-9-37(53)45-39(31)55)50-18-10-25(11-19-50)23-49-16-12-27(13-17-49)52-24-26-20-34(44-40(56)32-6-8-36(42)47-46-32)35(22-33(26)48-52)51-14-2-1-3-15-51/h4-6,8,20-22,24-25,27,31H,1-3,7,9-19,23H2,(H2,42,47)(H,43,54)(H,44,56)(H,45,53,55)/t31-/m0/s1. The molecular formula is C40H48ClN11O4. The number of nitrogens with zero attached hydrogens (tertiary/aromatic N) is 7. The molecule has 0 unspecified atom stereocenters. The summed E-state index contributed by atoms with van der Waals surface area (Å²) in [5, 5.41) is 22.3. The largest absolute Gasteiger partial charge is 0.382 e. The van der Waals surface area contributed by atoms with E-state index in [0.717, 1.165) is 112 Å². The monoisotopic (exact) mass is 781 g/mol. The number of fused-ring (bicyclic) bond motifs is 1. The molecule has 4 saturated heterocycles. The number of hydrogen-bond donors (Lipinski definition) is 4. The van der Waals surface area contributed by atoms with Gasteiger partial charge < -0.3 is 31.1 Å². The SMILES string of the molecule is Nc1ccc(C(=O)Nc2cc3cn(C4CCN(CC5CCN(c6ccc(C(=O)N[C@H]7CCC(=O)NC7=O)c(Cl)c6)CC5)CC4)nc3cc2N2CCCCC2)nn1. The van der Waals surface area contributed by atoms with E-state index in [1.807, 2.05) is 18.2 Å². The lowest BCUT2D eigenvalue weighted by atomic mass is 9.94. The maximum Gasteiger partial charge on any atom is 0.276 e. The highest BCUT2D eigenvalue weighted by atomic mass is 35.5. The Morgan fingerprint density at radius 1 is 0.857 bits per heavy atom. The van der Waals surface area contributed by atoms with Crippen molar-refractivity contribution in [2.24, 2.45) is 5.92 Å². The third-order valence-corrected chi connectivity index (χ3v) is 12.0. The topological polar surface area (TPSA) is 184 Å². The van der Waals surface area contributed by atoms with Crippen LogP contribution in [0, 0.1) is 5.92 Å². The van der Waals surface area contributed by atoms with Crippen molar-refractivity contribution < 1.29 is 19.2 Å². The summed E-state index contributed by atoms with van der Waals surface area (Å²) < 4.78 is 2.13. The van der Waals surface area contributed by atoms with Gasteiger partial charge in [0.15, 0.2) is 5.69 Å². The lowest BCUT2D eigenvalue weighted by molar-refractivity contribution is -0.134. The van der Waals surface area contributed by atoms with Gasteiger partial charge in [0.25, 0.3) is 11.8 Å². The number of nitrogens with one attached hydrogen (secondary N) is 3. The van der Waals surface area contributed by atoms with Crippen LogP contribution in [-0.2, 0) is 9.59 Å². The van der Waals surface area contributed by atoms with Gasteiger partial charge in [-0.05, 0) is 99.7 Å². The summed E-state index contributed by atoms with van der Waals surface area (Å²) in [6.45, 7) is 6.80. The Bertz CT molecular complexity index is 2100. The lowest BCUT2D eigenvalue weighted by Gasteiger charge is -2.38. The van der Waals surface area contributed by atoms with Gasteiger partial charge in [0.2, 0.25) is 11.8 Å². The molecule has 4 aliphatic rings. The number of anilines is 4. The zero-order valence-electron chi connectivity index (χ0n) is 31.4. The Morgan fingerprint density at radius 2 is 1.64 bits per heavy atom.